The number of hydrogen-bond donors (Lipinski definition) is 2. The predicted octanol–water partition coefficient (Wildman–Crippen LogP) is 4.55. The summed E-state index contributed by atoms with van der Waals surface area (Å²) in [5.74, 6) is 2.10. The van der Waals surface area contributed by atoms with Crippen LogP contribution in [0.25, 0.3) is 0 Å². The van der Waals surface area contributed by atoms with Crippen LogP contribution < -0.4 is 19.7 Å². The Balaban J connectivity index is 1.24. The highest BCUT2D eigenvalue weighted by atomic mass is 16.5. The summed E-state index contributed by atoms with van der Waals surface area (Å²) in [6, 6.07) is 21.1. The SMILES string of the molecule is COCCCN1CCOc2ccc(CO[C@H]3CNC[C@@H](O)[C@@H]3c3ccc(Oc4ccc(C(C)=O)cc4)cc3)cc21. The molecule has 2 aliphatic rings. The van der Waals surface area contributed by atoms with Gasteiger partial charge in [0.25, 0.3) is 0 Å². The van der Waals surface area contributed by atoms with Crippen molar-refractivity contribution in [2.45, 2.75) is 38.1 Å². The summed E-state index contributed by atoms with van der Waals surface area (Å²) < 4.78 is 23.5. The predicted molar refractivity (Wildman–Crippen MR) is 154 cm³/mol. The van der Waals surface area contributed by atoms with E-state index in [0.29, 0.717) is 43.4 Å². The molecule has 0 radical (unpaired) electrons. The minimum Gasteiger partial charge on any atom is -0.490 e. The van der Waals surface area contributed by atoms with Crippen LogP contribution in [0.3, 0.4) is 0 Å². The first-order chi connectivity index (χ1) is 19.5. The second kappa shape index (κ2) is 13.3. The highest BCUT2D eigenvalue weighted by Crippen LogP contribution is 2.34. The van der Waals surface area contributed by atoms with Crippen LogP contribution in [-0.4, -0.2) is 69.6 Å². The molecule has 212 valence electrons. The molecule has 2 heterocycles. The molecule has 3 aromatic carbocycles. The smallest absolute Gasteiger partial charge is 0.159 e. The Kier molecular flexibility index (Phi) is 9.34. The number of Topliss-reactive ketones (excluding diaryl/α,β-unsaturated/α-hetero) is 1. The molecule has 5 rings (SSSR count). The number of carbonyl (C=O) groups excluding carboxylic acids is 1. The quantitative estimate of drug-likeness (QED) is 0.268. The number of anilines is 1. The highest BCUT2D eigenvalue weighted by Gasteiger charge is 2.34. The number of ether oxygens (including phenoxy) is 4. The first-order valence-electron chi connectivity index (χ1n) is 13.9. The molecule has 3 aromatic rings. The Hall–Kier alpha value is -3.43. The molecule has 0 bridgehead atoms. The molecule has 8 nitrogen and oxygen atoms in total. The van der Waals surface area contributed by atoms with Crippen LogP contribution in [-0.2, 0) is 16.1 Å². The van der Waals surface area contributed by atoms with Crippen LogP contribution in [0, 0.1) is 0 Å². The number of fused-ring (bicyclic) bond motifs is 1. The van der Waals surface area contributed by atoms with Gasteiger partial charge in [-0.05, 0) is 73.0 Å². The van der Waals surface area contributed by atoms with Crippen molar-refractivity contribution in [1.82, 2.24) is 5.32 Å². The number of benzene rings is 3. The fourth-order valence-electron chi connectivity index (χ4n) is 5.37. The van der Waals surface area contributed by atoms with Gasteiger partial charge in [0.2, 0.25) is 0 Å². The molecule has 40 heavy (non-hydrogen) atoms. The number of β-amino-alcohol motifs (C(OH)–C–C–N with tert-alkyl or cyclic N) is 1. The van der Waals surface area contributed by atoms with Gasteiger partial charge in [0, 0.05) is 44.8 Å². The maximum absolute atomic E-state index is 11.5. The van der Waals surface area contributed by atoms with E-state index in [1.165, 1.54) is 0 Å². The first-order valence-corrected chi connectivity index (χ1v) is 13.9. The van der Waals surface area contributed by atoms with Crippen molar-refractivity contribution in [3.05, 3.63) is 83.4 Å². The number of rotatable bonds is 11. The molecule has 0 unspecified atom stereocenters. The number of carbonyl (C=O) groups is 1. The van der Waals surface area contributed by atoms with Crippen molar-refractivity contribution < 1.29 is 28.8 Å². The van der Waals surface area contributed by atoms with Gasteiger partial charge in [-0.3, -0.25) is 4.79 Å². The molecule has 0 aromatic heterocycles. The molecule has 0 saturated carbocycles. The summed E-state index contributed by atoms with van der Waals surface area (Å²) in [6.07, 6.45) is 0.192. The third-order valence-electron chi connectivity index (χ3n) is 7.50. The van der Waals surface area contributed by atoms with E-state index in [4.69, 9.17) is 18.9 Å². The van der Waals surface area contributed by atoms with E-state index < -0.39 is 6.10 Å². The van der Waals surface area contributed by atoms with E-state index in [1.54, 1.807) is 38.3 Å². The molecular formula is C32H38N2O6. The maximum Gasteiger partial charge on any atom is 0.159 e. The lowest BCUT2D eigenvalue weighted by atomic mass is 9.85. The van der Waals surface area contributed by atoms with Gasteiger partial charge in [-0.2, -0.15) is 0 Å². The summed E-state index contributed by atoms with van der Waals surface area (Å²) in [5, 5.41) is 14.2. The number of ketones is 1. The van der Waals surface area contributed by atoms with Crippen LogP contribution in [0.4, 0.5) is 5.69 Å². The van der Waals surface area contributed by atoms with Crippen LogP contribution in [0.15, 0.2) is 66.7 Å². The number of nitrogens with zero attached hydrogens (tertiary/aromatic N) is 1. The van der Waals surface area contributed by atoms with E-state index in [0.717, 1.165) is 48.7 Å². The van der Waals surface area contributed by atoms with Gasteiger partial charge in [0.1, 0.15) is 23.9 Å². The number of nitrogens with one attached hydrogen (secondary N) is 1. The Bertz CT molecular complexity index is 1260. The second-order valence-electron chi connectivity index (χ2n) is 10.3. The van der Waals surface area contributed by atoms with Crippen LogP contribution in [0.2, 0.25) is 0 Å². The zero-order valence-corrected chi connectivity index (χ0v) is 23.2. The van der Waals surface area contributed by atoms with Crippen molar-refractivity contribution in [2.75, 3.05) is 51.4 Å². The standard InChI is InChI=1S/C32H38N2O6/c1-22(35)24-5-9-26(10-6-24)40-27-11-7-25(8-12-27)32-29(36)19-33-20-31(32)39-21-23-4-13-30-28(18-23)34(15-17-38-30)14-3-16-37-2/h4-13,18,29,31-33,36H,3,14-17,19-21H2,1-2H3/t29-,31+,32+/m1/s1. The van der Waals surface area contributed by atoms with Gasteiger partial charge in [0.15, 0.2) is 5.78 Å². The Morgan fingerprint density at radius 2 is 1.80 bits per heavy atom. The second-order valence-corrected chi connectivity index (χ2v) is 10.3. The number of hydrogen-bond acceptors (Lipinski definition) is 8. The third-order valence-corrected chi connectivity index (χ3v) is 7.50. The summed E-state index contributed by atoms with van der Waals surface area (Å²) in [6.45, 7) is 6.32. The molecule has 1 fully saturated rings. The fraction of sp³-hybridized carbons (Fsp3) is 0.406. The molecule has 0 aliphatic carbocycles. The van der Waals surface area contributed by atoms with Gasteiger partial charge in [0.05, 0.1) is 31.0 Å². The minimum atomic E-state index is -0.571. The topological polar surface area (TPSA) is 89.5 Å². The third kappa shape index (κ3) is 6.82. The van der Waals surface area contributed by atoms with Crippen LogP contribution >= 0.6 is 0 Å². The van der Waals surface area contributed by atoms with Crippen LogP contribution in [0.1, 0.15) is 40.7 Å². The molecular weight excluding hydrogens is 508 g/mol. The zero-order valence-electron chi connectivity index (χ0n) is 23.2. The Labute approximate surface area is 235 Å². The lowest BCUT2D eigenvalue weighted by Gasteiger charge is -2.36. The van der Waals surface area contributed by atoms with E-state index in [9.17, 15) is 9.90 Å². The van der Waals surface area contributed by atoms with Crippen molar-refractivity contribution >= 4 is 11.5 Å². The maximum atomic E-state index is 11.5. The molecule has 1 saturated heterocycles. The van der Waals surface area contributed by atoms with Gasteiger partial charge >= 0.3 is 0 Å². The number of aliphatic hydroxyl groups excluding tert-OH is 1. The van der Waals surface area contributed by atoms with Crippen molar-refractivity contribution in [1.29, 1.82) is 0 Å². The average molecular weight is 547 g/mol. The minimum absolute atomic E-state index is 0.0220. The van der Waals surface area contributed by atoms with Crippen molar-refractivity contribution in [3.63, 3.8) is 0 Å². The molecule has 2 N–H and O–H groups in total. The molecule has 3 atom stereocenters. The number of aliphatic hydroxyl groups is 1. The van der Waals surface area contributed by atoms with Gasteiger partial charge in [-0.15, -0.1) is 0 Å². The monoisotopic (exact) mass is 546 g/mol. The van der Waals surface area contributed by atoms with Gasteiger partial charge < -0.3 is 34.3 Å². The summed E-state index contributed by atoms with van der Waals surface area (Å²) in [4.78, 5) is 13.9. The molecule has 0 amide bonds. The summed E-state index contributed by atoms with van der Waals surface area (Å²) >= 11 is 0. The van der Waals surface area contributed by atoms with Gasteiger partial charge in [-0.25, -0.2) is 0 Å². The number of piperidine rings is 1. The van der Waals surface area contributed by atoms with E-state index >= 15 is 0 Å². The summed E-state index contributed by atoms with van der Waals surface area (Å²) in [5.41, 5.74) is 3.81. The lowest BCUT2D eigenvalue weighted by molar-refractivity contribution is -0.0328. The molecule has 0 spiro atoms. The van der Waals surface area contributed by atoms with Crippen molar-refractivity contribution in [2.24, 2.45) is 0 Å². The molecule has 8 heteroatoms. The van der Waals surface area contributed by atoms with E-state index in [2.05, 4.69) is 16.3 Å². The highest BCUT2D eigenvalue weighted by molar-refractivity contribution is 5.94. The van der Waals surface area contributed by atoms with E-state index in [-0.39, 0.29) is 17.8 Å². The van der Waals surface area contributed by atoms with Crippen molar-refractivity contribution in [3.8, 4) is 17.2 Å². The van der Waals surface area contributed by atoms with E-state index in [1.807, 2.05) is 36.4 Å². The Morgan fingerprint density at radius 3 is 2.52 bits per heavy atom. The number of methoxy groups -OCH3 is 1. The molecule has 2 aliphatic heterocycles. The Morgan fingerprint density at radius 1 is 1.05 bits per heavy atom. The first kappa shape index (κ1) is 28.1. The summed E-state index contributed by atoms with van der Waals surface area (Å²) in [7, 11) is 1.73. The fourth-order valence-corrected chi connectivity index (χ4v) is 5.37. The lowest BCUT2D eigenvalue weighted by Crippen LogP contribution is -2.49. The largest absolute Gasteiger partial charge is 0.490 e. The van der Waals surface area contributed by atoms with Gasteiger partial charge in [-0.1, -0.05) is 18.2 Å². The zero-order chi connectivity index (χ0) is 27.9. The average Bonchev–Trinajstić information content (AvgIpc) is 2.97. The van der Waals surface area contributed by atoms with Crippen LogP contribution in [0.5, 0.6) is 17.2 Å². The normalized spacial score (nSPS) is 20.5.